The molecule has 0 saturated heterocycles. The van der Waals surface area contributed by atoms with Gasteiger partial charge in [0.15, 0.2) is 5.69 Å². The first kappa shape index (κ1) is 21.1. The Labute approximate surface area is 169 Å². The minimum absolute atomic E-state index is 0.0758. The molecule has 1 N–H and O–H groups in total. The molecule has 0 bridgehead atoms. The number of anilines is 1. The molecule has 13 heteroatoms. The highest BCUT2D eigenvalue weighted by Crippen LogP contribution is 2.38. The number of nitrogens with zero attached hydrogens (tertiary/aromatic N) is 4. The van der Waals surface area contributed by atoms with Crippen LogP contribution in [0.25, 0.3) is 5.69 Å². The highest BCUT2D eigenvalue weighted by atomic mass is 35.5. The summed E-state index contributed by atoms with van der Waals surface area (Å²) in [4.78, 5) is 12.3. The summed E-state index contributed by atoms with van der Waals surface area (Å²) in [6, 6.07) is 3.82. The van der Waals surface area contributed by atoms with E-state index in [1.807, 2.05) is 5.32 Å². The van der Waals surface area contributed by atoms with E-state index < -0.39 is 41.1 Å². The zero-order valence-corrected chi connectivity index (χ0v) is 15.8. The van der Waals surface area contributed by atoms with E-state index >= 15 is 0 Å². The second-order valence-corrected chi connectivity index (χ2v) is 6.61. The lowest BCUT2D eigenvalue weighted by Crippen LogP contribution is -2.19. The zero-order valence-electron chi connectivity index (χ0n) is 14.3. The topological polar surface area (TPSA) is 64.7 Å². The largest absolute Gasteiger partial charge is 0.435 e. The quantitative estimate of drug-likeness (QED) is 0.557. The van der Waals surface area contributed by atoms with Crippen molar-refractivity contribution in [1.82, 2.24) is 19.6 Å². The van der Waals surface area contributed by atoms with E-state index in [-0.39, 0.29) is 15.7 Å². The van der Waals surface area contributed by atoms with E-state index in [4.69, 9.17) is 23.2 Å². The van der Waals surface area contributed by atoms with Crippen molar-refractivity contribution in [3.63, 3.8) is 0 Å². The highest BCUT2D eigenvalue weighted by Gasteiger charge is 2.40. The lowest BCUT2D eigenvalue weighted by Gasteiger charge is -2.14. The standard InChI is InChI=1S/C16H10Cl2F5N5O/c1-27-6-8(12(26-27)14(19)20)15(29)25-10-5-24-28(13(10)16(21,22)23)11-4-7(17)2-3-9(11)18/h2-6,14H,1H3,(H,25,29). The molecule has 0 aliphatic carbocycles. The number of rotatable bonds is 4. The molecule has 0 unspecified atom stereocenters. The van der Waals surface area contributed by atoms with Crippen molar-refractivity contribution in [1.29, 1.82) is 0 Å². The molecule has 154 valence electrons. The SMILES string of the molecule is Cn1cc(C(=O)Nc2cnn(-c3cc(Cl)ccc3Cl)c2C(F)(F)F)c(C(F)F)n1. The van der Waals surface area contributed by atoms with Gasteiger partial charge in [-0.25, -0.2) is 13.5 Å². The summed E-state index contributed by atoms with van der Waals surface area (Å²) >= 11 is 11.8. The monoisotopic (exact) mass is 453 g/mol. The summed E-state index contributed by atoms with van der Waals surface area (Å²) in [5, 5.41) is 9.08. The predicted octanol–water partition coefficient (Wildman–Crippen LogP) is 5.12. The van der Waals surface area contributed by atoms with Gasteiger partial charge >= 0.3 is 6.18 Å². The maximum atomic E-state index is 13.7. The summed E-state index contributed by atoms with van der Waals surface area (Å²) in [6.07, 6.45) is -6.35. The van der Waals surface area contributed by atoms with Gasteiger partial charge in [-0.15, -0.1) is 0 Å². The Balaban J connectivity index is 2.07. The number of amides is 1. The summed E-state index contributed by atoms with van der Waals surface area (Å²) in [7, 11) is 1.29. The Bertz CT molecular complexity index is 1080. The van der Waals surface area contributed by atoms with Gasteiger partial charge in [-0.2, -0.15) is 23.4 Å². The molecule has 0 aliphatic rings. The Morgan fingerprint density at radius 3 is 2.55 bits per heavy atom. The van der Waals surface area contributed by atoms with E-state index in [0.717, 1.165) is 23.1 Å². The molecule has 3 rings (SSSR count). The number of benzene rings is 1. The number of halogens is 7. The third kappa shape index (κ3) is 4.20. The van der Waals surface area contributed by atoms with Crippen LogP contribution in [0.1, 0.15) is 28.2 Å². The molecule has 3 aromatic rings. The van der Waals surface area contributed by atoms with Crippen molar-refractivity contribution in [2.75, 3.05) is 5.32 Å². The number of aryl methyl sites for hydroxylation is 1. The van der Waals surface area contributed by atoms with Crippen LogP contribution in [0.5, 0.6) is 0 Å². The molecule has 2 aromatic heterocycles. The molecule has 0 spiro atoms. The number of nitrogens with one attached hydrogen (secondary N) is 1. The normalized spacial score (nSPS) is 11.9. The van der Waals surface area contributed by atoms with Crippen LogP contribution in [-0.2, 0) is 13.2 Å². The first-order chi connectivity index (χ1) is 13.5. The Kier molecular flexibility index (Phi) is 5.54. The average molecular weight is 454 g/mol. The average Bonchev–Trinajstić information content (AvgIpc) is 3.20. The van der Waals surface area contributed by atoms with Crippen molar-refractivity contribution in [2.45, 2.75) is 12.6 Å². The van der Waals surface area contributed by atoms with Gasteiger partial charge in [0.2, 0.25) is 0 Å². The van der Waals surface area contributed by atoms with Crippen molar-refractivity contribution in [2.24, 2.45) is 7.05 Å². The predicted molar refractivity (Wildman–Crippen MR) is 94.7 cm³/mol. The van der Waals surface area contributed by atoms with Gasteiger partial charge in [0.1, 0.15) is 5.69 Å². The lowest BCUT2D eigenvalue weighted by atomic mass is 10.2. The fourth-order valence-corrected chi connectivity index (χ4v) is 2.94. The van der Waals surface area contributed by atoms with Crippen LogP contribution in [0, 0.1) is 0 Å². The molecular formula is C16H10Cl2F5N5O. The molecule has 1 aromatic carbocycles. The molecule has 0 fully saturated rings. The lowest BCUT2D eigenvalue weighted by molar-refractivity contribution is -0.142. The van der Waals surface area contributed by atoms with Gasteiger partial charge in [0.25, 0.3) is 12.3 Å². The van der Waals surface area contributed by atoms with Crippen molar-refractivity contribution < 1.29 is 26.7 Å². The van der Waals surface area contributed by atoms with Gasteiger partial charge < -0.3 is 5.32 Å². The van der Waals surface area contributed by atoms with Crippen LogP contribution in [-0.4, -0.2) is 25.5 Å². The van der Waals surface area contributed by atoms with E-state index in [2.05, 4.69) is 10.2 Å². The third-order valence-electron chi connectivity index (χ3n) is 3.73. The minimum Gasteiger partial charge on any atom is -0.319 e. The molecule has 1 amide bonds. The van der Waals surface area contributed by atoms with Gasteiger partial charge in [0, 0.05) is 18.3 Å². The van der Waals surface area contributed by atoms with Gasteiger partial charge in [0.05, 0.1) is 28.2 Å². The Hall–Kier alpha value is -2.66. The smallest absolute Gasteiger partial charge is 0.319 e. The van der Waals surface area contributed by atoms with Crippen molar-refractivity contribution >= 4 is 34.8 Å². The second kappa shape index (κ2) is 7.64. The van der Waals surface area contributed by atoms with Crippen LogP contribution >= 0.6 is 23.2 Å². The number of hydrogen-bond donors (Lipinski definition) is 1. The van der Waals surface area contributed by atoms with Gasteiger partial charge in [-0.1, -0.05) is 23.2 Å². The zero-order chi connectivity index (χ0) is 21.5. The van der Waals surface area contributed by atoms with E-state index in [9.17, 15) is 26.7 Å². The van der Waals surface area contributed by atoms with Crippen LogP contribution in [0.3, 0.4) is 0 Å². The van der Waals surface area contributed by atoms with Gasteiger partial charge in [-0.3, -0.25) is 9.48 Å². The number of carbonyl (C=O) groups is 1. The molecule has 0 atom stereocenters. The molecule has 29 heavy (non-hydrogen) atoms. The minimum atomic E-state index is -4.97. The number of hydrogen-bond acceptors (Lipinski definition) is 3. The van der Waals surface area contributed by atoms with E-state index in [1.54, 1.807) is 0 Å². The number of carbonyl (C=O) groups excluding carboxylic acids is 1. The maximum Gasteiger partial charge on any atom is 0.435 e. The second-order valence-electron chi connectivity index (χ2n) is 5.77. The molecule has 2 heterocycles. The summed E-state index contributed by atoms with van der Waals surface area (Å²) in [5.74, 6) is -1.20. The third-order valence-corrected chi connectivity index (χ3v) is 4.29. The van der Waals surface area contributed by atoms with E-state index in [0.29, 0.717) is 4.68 Å². The molecule has 0 aliphatic heterocycles. The highest BCUT2D eigenvalue weighted by molar-refractivity contribution is 6.34. The fourth-order valence-electron chi connectivity index (χ4n) is 2.57. The summed E-state index contributed by atoms with van der Waals surface area (Å²) in [6.45, 7) is 0. The van der Waals surface area contributed by atoms with Crippen LogP contribution < -0.4 is 5.32 Å². The number of alkyl halides is 5. The number of aromatic nitrogens is 4. The Morgan fingerprint density at radius 2 is 1.93 bits per heavy atom. The Morgan fingerprint density at radius 1 is 1.24 bits per heavy atom. The molecule has 6 nitrogen and oxygen atoms in total. The summed E-state index contributed by atoms with van der Waals surface area (Å²) < 4.78 is 68.6. The molecule has 0 saturated carbocycles. The van der Waals surface area contributed by atoms with Crippen LogP contribution in [0.15, 0.2) is 30.6 Å². The molecular weight excluding hydrogens is 444 g/mol. The van der Waals surface area contributed by atoms with Gasteiger partial charge in [-0.05, 0) is 18.2 Å². The van der Waals surface area contributed by atoms with Crippen LogP contribution in [0.4, 0.5) is 27.6 Å². The van der Waals surface area contributed by atoms with Crippen molar-refractivity contribution in [3.05, 3.63) is 57.6 Å². The fraction of sp³-hybridized carbons (Fsp3) is 0.188. The first-order valence-electron chi connectivity index (χ1n) is 7.72. The first-order valence-corrected chi connectivity index (χ1v) is 8.48. The summed E-state index contributed by atoms with van der Waals surface area (Å²) in [5.41, 5.74) is -3.71. The molecule has 0 radical (unpaired) electrons. The van der Waals surface area contributed by atoms with Crippen LogP contribution in [0.2, 0.25) is 10.0 Å². The van der Waals surface area contributed by atoms with E-state index in [1.165, 1.54) is 19.2 Å². The van der Waals surface area contributed by atoms with Crippen molar-refractivity contribution in [3.8, 4) is 5.69 Å². The maximum absolute atomic E-state index is 13.7.